The van der Waals surface area contributed by atoms with E-state index >= 15 is 0 Å². The number of amidine groups is 1. The van der Waals surface area contributed by atoms with Gasteiger partial charge in [0.1, 0.15) is 40.5 Å². The summed E-state index contributed by atoms with van der Waals surface area (Å²) in [4.78, 5) is 5.44. The van der Waals surface area contributed by atoms with Crippen molar-refractivity contribution in [1.29, 1.82) is 0 Å². The van der Waals surface area contributed by atoms with Gasteiger partial charge < -0.3 is 14.2 Å². The second kappa shape index (κ2) is 14.5. The summed E-state index contributed by atoms with van der Waals surface area (Å²) in [5.41, 5.74) is 11.1. The van der Waals surface area contributed by atoms with Gasteiger partial charge in [-0.25, -0.2) is 4.99 Å². The Labute approximate surface area is 379 Å². The summed E-state index contributed by atoms with van der Waals surface area (Å²) >= 11 is 0. The maximum Gasteiger partial charge on any atom is 0.143 e. The van der Waals surface area contributed by atoms with Gasteiger partial charge >= 0.3 is 0 Å². The van der Waals surface area contributed by atoms with Crippen molar-refractivity contribution >= 4 is 92.8 Å². The molecule has 2 atom stereocenters. The van der Waals surface area contributed by atoms with E-state index in [-0.39, 0.29) is 12.3 Å². The van der Waals surface area contributed by atoms with Crippen LogP contribution >= 0.6 is 0 Å². The molecule has 0 saturated heterocycles. The van der Waals surface area contributed by atoms with Crippen molar-refractivity contribution < 1.29 is 8.83 Å². The molecule has 1 aliphatic rings. The van der Waals surface area contributed by atoms with Crippen LogP contribution in [0.25, 0.3) is 109 Å². The molecule has 2 N–H and O–H groups in total. The van der Waals surface area contributed by atoms with Crippen molar-refractivity contribution in [1.82, 2.24) is 10.6 Å². The van der Waals surface area contributed by atoms with E-state index in [1.165, 1.54) is 32.3 Å². The molecule has 0 amide bonds. The number of rotatable bonds is 5. The minimum absolute atomic E-state index is 0.265. The molecule has 0 bridgehead atoms. The molecular formula is C61H39N3O2. The van der Waals surface area contributed by atoms with Crippen LogP contribution in [0.2, 0.25) is 0 Å². The molecule has 0 saturated carbocycles. The van der Waals surface area contributed by atoms with E-state index in [1.54, 1.807) is 0 Å². The number of nitrogens with one attached hydrogen (secondary N) is 2. The lowest BCUT2D eigenvalue weighted by atomic mass is 9.89. The van der Waals surface area contributed by atoms with Crippen molar-refractivity contribution in [2.45, 2.75) is 12.3 Å². The van der Waals surface area contributed by atoms with E-state index in [0.29, 0.717) is 0 Å². The van der Waals surface area contributed by atoms with Crippen LogP contribution in [0, 0.1) is 0 Å². The fourth-order valence-corrected chi connectivity index (χ4v) is 10.6. The largest absolute Gasteiger partial charge is 0.456 e. The van der Waals surface area contributed by atoms with Gasteiger partial charge in [-0.3, -0.25) is 5.32 Å². The highest BCUT2D eigenvalue weighted by atomic mass is 16.3. The first-order valence-electron chi connectivity index (χ1n) is 22.6. The van der Waals surface area contributed by atoms with E-state index in [0.717, 1.165) is 99.4 Å². The number of fused-ring (bicyclic) bond motifs is 11. The Hall–Kier alpha value is -8.51. The Balaban J connectivity index is 0.934. The monoisotopic (exact) mass is 845 g/mol. The molecule has 1 aliphatic heterocycles. The van der Waals surface area contributed by atoms with Gasteiger partial charge in [-0.05, 0) is 107 Å². The Bertz CT molecular complexity index is 4160. The smallest absolute Gasteiger partial charge is 0.143 e. The predicted molar refractivity (Wildman–Crippen MR) is 273 cm³/mol. The average molecular weight is 846 g/mol. The van der Waals surface area contributed by atoms with Crippen LogP contribution in [0.3, 0.4) is 0 Å². The highest BCUT2D eigenvalue weighted by Gasteiger charge is 2.28. The molecule has 66 heavy (non-hydrogen) atoms. The van der Waals surface area contributed by atoms with Crippen LogP contribution in [0.4, 0.5) is 0 Å². The average Bonchev–Trinajstić information content (AvgIpc) is 3.97. The summed E-state index contributed by atoms with van der Waals surface area (Å²) in [6, 6.07) is 75.8. The lowest BCUT2D eigenvalue weighted by Gasteiger charge is -2.33. The molecule has 0 aliphatic carbocycles. The van der Waals surface area contributed by atoms with Crippen LogP contribution in [0.5, 0.6) is 0 Å². The third-order valence-corrected chi connectivity index (χ3v) is 13.8. The first-order chi connectivity index (χ1) is 32.7. The number of para-hydroxylation sites is 2. The summed E-state index contributed by atoms with van der Waals surface area (Å²) in [6.07, 6.45) is -0.584. The summed E-state index contributed by atoms with van der Waals surface area (Å²) in [5.74, 6) is 0.850. The number of hydrogen-bond acceptors (Lipinski definition) is 5. The topological polar surface area (TPSA) is 62.7 Å². The first kappa shape index (κ1) is 36.9. The fourth-order valence-electron chi connectivity index (χ4n) is 10.6. The Morgan fingerprint density at radius 1 is 0.379 bits per heavy atom. The minimum atomic E-state index is -0.319. The predicted octanol–water partition coefficient (Wildman–Crippen LogP) is 15.8. The lowest BCUT2D eigenvalue weighted by molar-refractivity contribution is 0.411. The van der Waals surface area contributed by atoms with Gasteiger partial charge in [0.25, 0.3) is 0 Å². The third-order valence-electron chi connectivity index (χ3n) is 13.8. The molecule has 0 radical (unpaired) electrons. The molecule has 0 fully saturated rings. The molecule has 5 heteroatoms. The third kappa shape index (κ3) is 5.74. The molecule has 0 spiro atoms. The second-order valence-corrected chi connectivity index (χ2v) is 17.4. The van der Waals surface area contributed by atoms with Crippen LogP contribution in [-0.4, -0.2) is 5.84 Å². The van der Waals surface area contributed by atoms with E-state index in [4.69, 9.17) is 13.8 Å². The summed E-state index contributed by atoms with van der Waals surface area (Å²) < 4.78 is 13.2. The summed E-state index contributed by atoms with van der Waals surface area (Å²) in [6.45, 7) is 0. The maximum atomic E-state index is 6.89. The van der Waals surface area contributed by atoms with Crippen molar-refractivity contribution in [3.63, 3.8) is 0 Å². The molecule has 14 rings (SSSR count). The molecule has 310 valence electrons. The quantitative estimate of drug-likeness (QED) is 0.169. The molecule has 13 aromatic rings. The Kier molecular flexibility index (Phi) is 8.12. The highest BCUT2D eigenvalue weighted by Crippen LogP contribution is 2.47. The van der Waals surface area contributed by atoms with Gasteiger partial charge in [0, 0.05) is 32.7 Å². The molecule has 2 unspecified atom stereocenters. The molecule has 5 nitrogen and oxygen atoms in total. The number of benzene rings is 11. The van der Waals surface area contributed by atoms with Crippen molar-refractivity contribution in [2.24, 2.45) is 4.99 Å². The molecular weight excluding hydrogens is 807 g/mol. The molecule has 3 heterocycles. The zero-order chi connectivity index (χ0) is 43.3. The van der Waals surface area contributed by atoms with Gasteiger partial charge in [0.15, 0.2) is 0 Å². The zero-order valence-electron chi connectivity index (χ0n) is 35.6. The number of hydrogen-bond donors (Lipinski definition) is 2. The summed E-state index contributed by atoms with van der Waals surface area (Å²) in [7, 11) is 0. The van der Waals surface area contributed by atoms with Crippen molar-refractivity contribution in [3.05, 3.63) is 229 Å². The normalized spacial score (nSPS) is 15.4. The number of furan rings is 2. The van der Waals surface area contributed by atoms with Crippen LogP contribution in [-0.2, 0) is 0 Å². The van der Waals surface area contributed by atoms with Crippen LogP contribution in [0.15, 0.2) is 226 Å². The van der Waals surface area contributed by atoms with E-state index in [1.807, 2.05) is 18.2 Å². The zero-order valence-corrected chi connectivity index (χ0v) is 35.6. The van der Waals surface area contributed by atoms with E-state index in [2.05, 4.69) is 205 Å². The summed E-state index contributed by atoms with van der Waals surface area (Å²) in [5, 5.41) is 21.8. The second-order valence-electron chi connectivity index (χ2n) is 17.4. The van der Waals surface area contributed by atoms with Crippen LogP contribution < -0.4 is 10.6 Å². The van der Waals surface area contributed by atoms with Gasteiger partial charge in [0.2, 0.25) is 0 Å². The van der Waals surface area contributed by atoms with E-state index < -0.39 is 0 Å². The van der Waals surface area contributed by atoms with Gasteiger partial charge in [-0.2, -0.15) is 0 Å². The van der Waals surface area contributed by atoms with Gasteiger partial charge in [-0.15, -0.1) is 0 Å². The Morgan fingerprint density at radius 3 is 1.83 bits per heavy atom. The van der Waals surface area contributed by atoms with Crippen molar-refractivity contribution in [3.8, 4) is 22.3 Å². The van der Waals surface area contributed by atoms with Crippen molar-refractivity contribution in [2.75, 3.05) is 0 Å². The maximum absolute atomic E-state index is 6.89. The Morgan fingerprint density at radius 2 is 0.985 bits per heavy atom. The number of aliphatic imine (C=N–C) groups is 1. The number of nitrogens with zero attached hydrogens (tertiary/aromatic N) is 1. The van der Waals surface area contributed by atoms with Gasteiger partial charge in [0.05, 0.1) is 0 Å². The van der Waals surface area contributed by atoms with Gasteiger partial charge in [-0.1, -0.05) is 176 Å². The highest BCUT2D eigenvalue weighted by molar-refractivity contribution is 6.22. The minimum Gasteiger partial charge on any atom is -0.456 e. The van der Waals surface area contributed by atoms with E-state index in [9.17, 15) is 0 Å². The molecule has 2 aromatic heterocycles. The SMILES string of the molecule is c1ccc2cc(C3=NC(c4ccc5ccc6ccccc6c5c4)NC(c4ccc(-c5ccc(-c6cccc7oc8ccccc8c67)c6oc7ccccc7c56)c5ccccc45)N3)ccc2c1. The fraction of sp³-hybridized carbons (Fsp3) is 0.0328. The molecule has 11 aromatic carbocycles. The van der Waals surface area contributed by atoms with Crippen LogP contribution in [0.1, 0.15) is 29.0 Å². The first-order valence-corrected chi connectivity index (χ1v) is 22.6. The lowest BCUT2D eigenvalue weighted by Crippen LogP contribution is -2.45. The standard InChI is InChI=1S/C61H39N3O2/c1-2-14-39-34-40(28-24-36(39)12-1)59-62-60(41-29-27-38-26-25-37-13-3-4-15-42(37)52(38)35-41)64-61(63-59)49-33-30-45(43-16-5-6-17-44(43)49)47-31-32-48(58-57(47)51-19-8-10-22-54(51)66-58)46-20-11-23-55-56(46)50-18-7-9-21-53(50)65-55/h1-35,60-61,64H,(H,62,63).